The fraction of sp³-hybridized carbons (Fsp3) is 0.684. The third kappa shape index (κ3) is 10.3. The average Bonchev–Trinajstić information content (AvgIpc) is 3.03. The van der Waals surface area contributed by atoms with Crippen molar-refractivity contribution in [3.8, 4) is 23.0 Å². The van der Waals surface area contributed by atoms with Gasteiger partial charge in [-0.05, 0) is 98.6 Å². The van der Waals surface area contributed by atoms with Crippen LogP contribution >= 0.6 is 0 Å². The lowest BCUT2D eigenvalue weighted by Gasteiger charge is -2.25. The van der Waals surface area contributed by atoms with Gasteiger partial charge in [0.25, 0.3) is 0 Å². The van der Waals surface area contributed by atoms with Gasteiger partial charge in [0, 0.05) is 11.1 Å². The molecule has 0 radical (unpaired) electrons. The minimum absolute atomic E-state index is 0.315. The van der Waals surface area contributed by atoms with Gasteiger partial charge in [0.1, 0.15) is 23.0 Å². The van der Waals surface area contributed by atoms with Crippen molar-refractivity contribution in [2.45, 2.75) is 141 Å². The van der Waals surface area contributed by atoms with Crippen molar-refractivity contribution in [3.63, 3.8) is 0 Å². The Morgan fingerprint density at radius 3 is 1.16 bits per heavy atom. The molecule has 0 saturated heterocycles. The van der Waals surface area contributed by atoms with E-state index in [2.05, 4.69) is 38.1 Å². The van der Waals surface area contributed by atoms with E-state index in [0.29, 0.717) is 24.7 Å². The normalized spacial score (nSPS) is 22.2. The molecule has 6 rings (SSSR count). The molecule has 0 aliphatic heterocycles. The molecule has 0 amide bonds. The van der Waals surface area contributed by atoms with Gasteiger partial charge in [0.2, 0.25) is 0 Å². The van der Waals surface area contributed by atoms with Gasteiger partial charge in [-0.25, -0.2) is 0 Å². The lowest BCUT2D eigenvalue weighted by Crippen LogP contribution is -2.13. The fourth-order valence-corrected chi connectivity index (χ4v) is 7.08. The standard InChI is InChI=1S/C38H60O6/c1-7-9-15-29-17-11-13-19-31(39)22-28-25-35(43-5)38(36(26-28)44-6)30(16-10-8-2)18-12-14-20-32(40)21-27-23-33(41-3)37(29)34(24-27)42-4/h23-26,29-32,39-40H,7-22H2,1-6H3/t29-,30-,31+,32+/m0/s1. The van der Waals surface area contributed by atoms with E-state index in [-0.39, 0.29) is 0 Å². The molecule has 0 unspecified atom stereocenters. The molecule has 2 N–H and O–H groups in total. The van der Waals surface area contributed by atoms with Gasteiger partial charge in [-0.15, -0.1) is 0 Å². The number of unbranched alkanes of at least 4 members (excludes halogenated alkanes) is 2. The zero-order valence-electron chi connectivity index (χ0n) is 28.5. The summed E-state index contributed by atoms with van der Waals surface area (Å²) in [6, 6.07) is 8.44. The molecule has 44 heavy (non-hydrogen) atoms. The van der Waals surface area contributed by atoms with Crippen LogP contribution in [0.2, 0.25) is 0 Å². The Labute approximate surface area is 267 Å². The fourth-order valence-electron chi connectivity index (χ4n) is 7.08. The molecule has 4 aliphatic rings. The van der Waals surface area contributed by atoms with Crippen LogP contribution in [0.4, 0.5) is 0 Å². The van der Waals surface area contributed by atoms with Crippen molar-refractivity contribution >= 4 is 0 Å². The van der Waals surface area contributed by atoms with Crippen molar-refractivity contribution in [2.24, 2.45) is 0 Å². The summed E-state index contributed by atoms with van der Waals surface area (Å²) >= 11 is 0. The summed E-state index contributed by atoms with van der Waals surface area (Å²) in [5.41, 5.74) is 4.37. The molecule has 0 aromatic heterocycles. The summed E-state index contributed by atoms with van der Waals surface area (Å²) in [4.78, 5) is 0. The SMILES string of the molecule is CCCC[C@H]1CCCC[C@@H](O)Cc2cc(OC)c(c(OC)c2)[C@@H](CCCC)CCCC[C@@H](O)Cc2cc(OC)c1c(OC)c2. The van der Waals surface area contributed by atoms with Crippen molar-refractivity contribution < 1.29 is 29.2 Å². The first-order valence-corrected chi connectivity index (χ1v) is 17.2. The minimum Gasteiger partial charge on any atom is -0.496 e. The van der Waals surface area contributed by atoms with E-state index in [1.165, 1.54) is 0 Å². The van der Waals surface area contributed by atoms with Gasteiger partial charge in [-0.3, -0.25) is 0 Å². The van der Waals surface area contributed by atoms with Crippen LogP contribution in [0.25, 0.3) is 0 Å². The molecule has 6 nitrogen and oxygen atoms in total. The van der Waals surface area contributed by atoms with Crippen molar-refractivity contribution in [3.05, 3.63) is 46.5 Å². The van der Waals surface area contributed by atoms with Crippen LogP contribution in [0.1, 0.15) is 138 Å². The second-order valence-corrected chi connectivity index (χ2v) is 12.8. The maximum atomic E-state index is 11.1. The van der Waals surface area contributed by atoms with Crippen LogP contribution in [0, 0.1) is 0 Å². The topological polar surface area (TPSA) is 77.4 Å². The molecule has 4 atom stereocenters. The molecule has 0 spiro atoms. The van der Waals surface area contributed by atoms with Crippen molar-refractivity contribution in [2.75, 3.05) is 28.4 Å². The Morgan fingerprint density at radius 2 is 0.864 bits per heavy atom. The lowest BCUT2D eigenvalue weighted by molar-refractivity contribution is 0.159. The maximum absolute atomic E-state index is 11.1. The van der Waals surface area contributed by atoms with E-state index in [4.69, 9.17) is 18.9 Å². The van der Waals surface area contributed by atoms with Crippen LogP contribution < -0.4 is 18.9 Å². The van der Waals surface area contributed by atoms with E-state index in [0.717, 1.165) is 135 Å². The predicted octanol–water partition coefficient (Wildman–Crippen LogP) is 8.91. The third-order valence-electron chi connectivity index (χ3n) is 9.46. The van der Waals surface area contributed by atoms with Gasteiger partial charge in [-0.2, -0.15) is 0 Å². The number of rotatable bonds is 10. The third-order valence-corrected chi connectivity index (χ3v) is 9.46. The summed E-state index contributed by atoms with van der Waals surface area (Å²) in [5.74, 6) is 4.07. The van der Waals surface area contributed by atoms with Gasteiger partial charge in [0.15, 0.2) is 0 Å². The van der Waals surface area contributed by atoms with E-state index in [9.17, 15) is 10.2 Å². The van der Waals surface area contributed by atoms with Crippen LogP contribution in [0.15, 0.2) is 24.3 Å². The quantitative estimate of drug-likeness (QED) is 0.279. The van der Waals surface area contributed by atoms with Crippen molar-refractivity contribution in [1.29, 1.82) is 0 Å². The molecule has 0 heterocycles. The molecule has 4 bridgehead atoms. The van der Waals surface area contributed by atoms with Gasteiger partial charge in [-0.1, -0.05) is 65.2 Å². The van der Waals surface area contributed by atoms with Crippen LogP contribution in [-0.4, -0.2) is 50.9 Å². The highest BCUT2D eigenvalue weighted by molar-refractivity contribution is 5.51. The first-order chi connectivity index (χ1) is 21.4. The molecule has 248 valence electrons. The summed E-state index contributed by atoms with van der Waals surface area (Å²) in [7, 11) is 6.95. The highest BCUT2D eigenvalue weighted by Crippen LogP contribution is 2.43. The van der Waals surface area contributed by atoms with E-state index in [1.807, 2.05) is 0 Å². The number of ether oxygens (including phenoxy) is 4. The van der Waals surface area contributed by atoms with E-state index < -0.39 is 12.2 Å². The number of hydrogen-bond acceptors (Lipinski definition) is 6. The Hall–Kier alpha value is -2.44. The number of hydrogen-bond donors (Lipinski definition) is 2. The number of methoxy groups -OCH3 is 4. The highest BCUT2D eigenvalue weighted by Gasteiger charge is 2.25. The van der Waals surface area contributed by atoms with Gasteiger partial charge >= 0.3 is 0 Å². The maximum Gasteiger partial charge on any atom is 0.126 e. The zero-order chi connectivity index (χ0) is 31.9. The van der Waals surface area contributed by atoms with Crippen molar-refractivity contribution in [1.82, 2.24) is 0 Å². The zero-order valence-corrected chi connectivity index (χ0v) is 28.5. The van der Waals surface area contributed by atoms with Crippen LogP contribution in [0.3, 0.4) is 0 Å². The highest BCUT2D eigenvalue weighted by atomic mass is 16.5. The number of benzene rings is 2. The molecule has 0 saturated carbocycles. The summed E-state index contributed by atoms with van der Waals surface area (Å²) in [5, 5.41) is 22.1. The van der Waals surface area contributed by atoms with Crippen LogP contribution in [-0.2, 0) is 12.8 Å². The molecule has 4 aliphatic carbocycles. The predicted molar refractivity (Wildman–Crippen MR) is 180 cm³/mol. The molecular formula is C38H60O6. The van der Waals surface area contributed by atoms with Crippen LogP contribution in [0.5, 0.6) is 23.0 Å². The largest absolute Gasteiger partial charge is 0.496 e. The van der Waals surface area contributed by atoms with E-state index in [1.54, 1.807) is 28.4 Å². The summed E-state index contributed by atoms with van der Waals surface area (Å²) < 4.78 is 23.8. The van der Waals surface area contributed by atoms with E-state index >= 15 is 0 Å². The van der Waals surface area contributed by atoms with Gasteiger partial charge < -0.3 is 29.2 Å². The second-order valence-electron chi connectivity index (χ2n) is 12.8. The second kappa shape index (κ2) is 19.2. The first kappa shape index (κ1) is 36.0. The smallest absolute Gasteiger partial charge is 0.126 e. The minimum atomic E-state index is -0.423. The molecule has 2 aromatic rings. The first-order valence-electron chi connectivity index (χ1n) is 17.2. The number of aliphatic hydroxyl groups excluding tert-OH is 2. The average molecular weight is 613 g/mol. The Morgan fingerprint density at radius 1 is 0.545 bits per heavy atom. The number of aliphatic hydroxyl groups is 2. The lowest BCUT2D eigenvalue weighted by atomic mass is 9.85. The molecule has 2 aromatic carbocycles. The molecule has 0 fully saturated rings. The molecule has 6 heteroatoms. The molecular weight excluding hydrogens is 552 g/mol. The van der Waals surface area contributed by atoms with Gasteiger partial charge in [0.05, 0.1) is 40.6 Å². The Balaban J connectivity index is 1.94. The Bertz CT molecular complexity index is 977. The monoisotopic (exact) mass is 612 g/mol. The summed E-state index contributed by atoms with van der Waals surface area (Å²) in [6.45, 7) is 4.46. The summed E-state index contributed by atoms with van der Waals surface area (Å²) in [6.07, 6.45) is 14.4. The Kier molecular flexibility index (Phi) is 15.7.